The summed E-state index contributed by atoms with van der Waals surface area (Å²) in [5.74, 6) is -1.96. The van der Waals surface area contributed by atoms with Crippen LogP contribution in [0, 0.1) is 21.7 Å². The van der Waals surface area contributed by atoms with E-state index in [1.54, 1.807) is 6.92 Å². The van der Waals surface area contributed by atoms with Crippen LogP contribution in [0.4, 0.5) is 25.0 Å². The number of carbonyl (C=O) groups excluding carboxylic acids is 1. The monoisotopic (exact) mass is 335 g/mol. The number of benzene rings is 2. The second kappa shape index (κ2) is 7.03. The molecule has 0 aliphatic rings. The van der Waals surface area contributed by atoms with E-state index in [9.17, 15) is 23.7 Å². The first kappa shape index (κ1) is 17.3. The highest BCUT2D eigenvalue weighted by molar-refractivity contribution is 5.89. The van der Waals surface area contributed by atoms with Crippen molar-refractivity contribution >= 4 is 17.4 Å². The standard InChI is InChI=1S/C16H15F2N3O3/c1-10(11-6-7-14(17)15(18)8-11)20(2)16(22)19-12-4-3-5-13(9-12)21(23)24/h3-10H,1-2H3,(H,19,22). The molecule has 0 saturated carbocycles. The number of nitro benzene ring substituents is 1. The first-order valence-electron chi connectivity index (χ1n) is 7.03. The first-order valence-corrected chi connectivity index (χ1v) is 7.03. The lowest BCUT2D eigenvalue weighted by molar-refractivity contribution is -0.384. The van der Waals surface area contributed by atoms with Crippen molar-refractivity contribution in [1.82, 2.24) is 4.90 Å². The molecule has 8 heteroatoms. The number of hydrogen-bond acceptors (Lipinski definition) is 3. The largest absolute Gasteiger partial charge is 0.322 e. The Kier molecular flexibility index (Phi) is 5.08. The summed E-state index contributed by atoms with van der Waals surface area (Å²) in [5, 5.41) is 13.3. The van der Waals surface area contributed by atoms with Crippen LogP contribution < -0.4 is 5.32 Å². The first-order chi connectivity index (χ1) is 11.3. The second-order valence-corrected chi connectivity index (χ2v) is 5.20. The molecule has 0 radical (unpaired) electrons. The van der Waals surface area contributed by atoms with Crippen LogP contribution in [0.2, 0.25) is 0 Å². The van der Waals surface area contributed by atoms with Crippen LogP contribution in [0.25, 0.3) is 0 Å². The number of nitrogens with one attached hydrogen (secondary N) is 1. The normalized spacial score (nSPS) is 11.7. The van der Waals surface area contributed by atoms with Gasteiger partial charge >= 0.3 is 6.03 Å². The van der Waals surface area contributed by atoms with Crippen molar-refractivity contribution in [2.24, 2.45) is 0 Å². The van der Waals surface area contributed by atoms with Crippen LogP contribution in [-0.2, 0) is 0 Å². The number of hydrogen-bond donors (Lipinski definition) is 1. The van der Waals surface area contributed by atoms with Crippen LogP contribution in [0.1, 0.15) is 18.5 Å². The fourth-order valence-corrected chi connectivity index (χ4v) is 2.08. The Morgan fingerprint density at radius 1 is 1.21 bits per heavy atom. The van der Waals surface area contributed by atoms with E-state index in [1.807, 2.05) is 0 Å². The van der Waals surface area contributed by atoms with Gasteiger partial charge < -0.3 is 10.2 Å². The summed E-state index contributed by atoms with van der Waals surface area (Å²) < 4.78 is 26.3. The summed E-state index contributed by atoms with van der Waals surface area (Å²) in [5.41, 5.74) is 0.535. The maximum Gasteiger partial charge on any atom is 0.322 e. The maximum atomic E-state index is 13.3. The molecule has 24 heavy (non-hydrogen) atoms. The molecular weight excluding hydrogens is 320 g/mol. The lowest BCUT2D eigenvalue weighted by Crippen LogP contribution is -2.33. The fraction of sp³-hybridized carbons (Fsp3) is 0.188. The van der Waals surface area contributed by atoms with Gasteiger partial charge in [0.1, 0.15) is 0 Å². The molecule has 2 aromatic rings. The topological polar surface area (TPSA) is 75.5 Å². The lowest BCUT2D eigenvalue weighted by atomic mass is 10.1. The third kappa shape index (κ3) is 3.83. The summed E-state index contributed by atoms with van der Waals surface area (Å²) in [6.07, 6.45) is 0. The molecule has 0 aromatic heterocycles. The second-order valence-electron chi connectivity index (χ2n) is 5.20. The zero-order valence-electron chi connectivity index (χ0n) is 13.0. The van der Waals surface area contributed by atoms with Gasteiger partial charge in [0.25, 0.3) is 5.69 Å². The van der Waals surface area contributed by atoms with Gasteiger partial charge in [-0.15, -0.1) is 0 Å². The smallest absolute Gasteiger partial charge is 0.321 e. The van der Waals surface area contributed by atoms with E-state index in [0.717, 1.165) is 12.1 Å². The molecular formula is C16H15F2N3O3. The summed E-state index contributed by atoms with van der Waals surface area (Å²) in [4.78, 5) is 23.7. The molecule has 2 aromatic carbocycles. The minimum atomic E-state index is -0.994. The molecule has 1 unspecified atom stereocenters. The van der Waals surface area contributed by atoms with E-state index in [1.165, 1.54) is 42.3 Å². The van der Waals surface area contributed by atoms with E-state index in [0.29, 0.717) is 5.56 Å². The third-order valence-corrected chi connectivity index (χ3v) is 3.64. The van der Waals surface area contributed by atoms with Crippen molar-refractivity contribution < 1.29 is 18.5 Å². The predicted molar refractivity (Wildman–Crippen MR) is 84.7 cm³/mol. The van der Waals surface area contributed by atoms with E-state index in [-0.39, 0.29) is 11.4 Å². The zero-order valence-corrected chi connectivity index (χ0v) is 13.0. The number of anilines is 1. The Balaban J connectivity index is 2.12. The summed E-state index contributed by atoms with van der Waals surface area (Å²) in [6, 6.07) is 7.85. The average Bonchev–Trinajstić information content (AvgIpc) is 2.56. The highest BCUT2D eigenvalue weighted by Gasteiger charge is 2.19. The number of rotatable bonds is 4. The van der Waals surface area contributed by atoms with Crippen molar-refractivity contribution in [3.05, 3.63) is 69.8 Å². The number of carbonyl (C=O) groups is 1. The van der Waals surface area contributed by atoms with Crippen LogP contribution in [0.3, 0.4) is 0 Å². The molecule has 0 aliphatic carbocycles. The molecule has 6 nitrogen and oxygen atoms in total. The molecule has 0 saturated heterocycles. The van der Waals surface area contributed by atoms with Crippen molar-refractivity contribution in [1.29, 1.82) is 0 Å². The fourth-order valence-electron chi connectivity index (χ4n) is 2.08. The van der Waals surface area contributed by atoms with E-state index < -0.39 is 28.6 Å². The molecule has 1 atom stereocenters. The maximum absolute atomic E-state index is 13.3. The van der Waals surface area contributed by atoms with Crippen molar-refractivity contribution in [2.75, 3.05) is 12.4 Å². The Hall–Kier alpha value is -3.03. The molecule has 0 heterocycles. The van der Waals surface area contributed by atoms with E-state index >= 15 is 0 Å². The Bertz CT molecular complexity index is 783. The van der Waals surface area contributed by atoms with Gasteiger partial charge in [-0.2, -0.15) is 0 Å². The highest BCUT2D eigenvalue weighted by atomic mass is 19.2. The van der Waals surface area contributed by atoms with Crippen molar-refractivity contribution in [2.45, 2.75) is 13.0 Å². The van der Waals surface area contributed by atoms with Crippen LogP contribution in [0.15, 0.2) is 42.5 Å². The number of amides is 2. The van der Waals surface area contributed by atoms with Gasteiger partial charge in [-0.05, 0) is 30.7 Å². The Morgan fingerprint density at radius 3 is 2.54 bits per heavy atom. The predicted octanol–water partition coefficient (Wildman–Crippen LogP) is 4.10. The molecule has 2 amide bonds. The summed E-state index contributed by atoms with van der Waals surface area (Å²) >= 11 is 0. The van der Waals surface area contributed by atoms with Gasteiger partial charge in [0.05, 0.1) is 11.0 Å². The quantitative estimate of drug-likeness (QED) is 0.675. The number of non-ortho nitro benzene ring substituents is 1. The zero-order chi connectivity index (χ0) is 17.9. The minimum absolute atomic E-state index is 0.149. The molecule has 1 N–H and O–H groups in total. The lowest BCUT2D eigenvalue weighted by Gasteiger charge is -2.25. The van der Waals surface area contributed by atoms with Gasteiger partial charge in [0.15, 0.2) is 11.6 Å². The molecule has 0 fully saturated rings. The van der Waals surface area contributed by atoms with Crippen LogP contribution in [-0.4, -0.2) is 22.9 Å². The molecule has 0 aliphatic heterocycles. The number of urea groups is 1. The van der Waals surface area contributed by atoms with E-state index in [2.05, 4.69) is 5.32 Å². The summed E-state index contributed by atoms with van der Waals surface area (Å²) in [7, 11) is 1.48. The molecule has 0 bridgehead atoms. The van der Waals surface area contributed by atoms with Gasteiger partial charge in [0.2, 0.25) is 0 Å². The molecule has 2 rings (SSSR count). The third-order valence-electron chi connectivity index (χ3n) is 3.64. The Morgan fingerprint density at radius 2 is 1.92 bits per heavy atom. The van der Waals surface area contributed by atoms with Gasteiger partial charge in [0, 0.05) is 24.9 Å². The molecule has 126 valence electrons. The minimum Gasteiger partial charge on any atom is -0.321 e. The van der Waals surface area contributed by atoms with Gasteiger partial charge in [-0.25, -0.2) is 13.6 Å². The van der Waals surface area contributed by atoms with Gasteiger partial charge in [-0.1, -0.05) is 12.1 Å². The van der Waals surface area contributed by atoms with E-state index in [4.69, 9.17) is 0 Å². The Labute approximate surface area is 136 Å². The molecule has 0 spiro atoms. The van der Waals surface area contributed by atoms with Crippen LogP contribution in [0.5, 0.6) is 0 Å². The highest BCUT2D eigenvalue weighted by Crippen LogP contribution is 2.23. The average molecular weight is 335 g/mol. The summed E-state index contributed by atoms with van der Waals surface area (Å²) in [6.45, 7) is 1.65. The number of nitrogens with zero attached hydrogens (tertiary/aromatic N) is 2. The van der Waals surface area contributed by atoms with Crippen molar-refractivity contribution in [3.63, 3.8) is 0 Å². The van der Waals surface area contributed by atoms with Gasteiger partial charge in [-0.3, -0.25) is 10.1 Å². The SMILES string of the molecule is CC(c1ccc(F)c(F)c1)N(C)C(=O)Nc1cccc([N+](=O)[O-])c1. The van der Waals surface area contributed by atoms with Crippen molar-refractivity contribution in [3.8, 4) is 0 Å². The number of halogens is 2. The number of nitro groups is 1. The van der Waals surface area contributed by atoms with Crippen LogP contribution >= 0.6 is 0 Å².